The van der Waals surface area contributed by atoms with Gasteiger partial charge in [-0.3, -0.25) is 14.3 Å². The van der Waals surface area contributed by atoms with Gasteiger partial charge in [-0.25, -0.2) is 4.68 Å². The Hall–Kier alpha value is -2.64. The molecule has 1 N–H and O–H groups in total. The molecular formula is C17H26N6O2. The number of nitrogens with zero attached hydrogens (tertiary/aromatic N) is 5. The van der Waals surface area contributed by atoms with Crippen molar-refractivity contribution in [3.63, 3.8) is 0 Å². The van der Waals surface area contributed by atoms with Crippen LogP contribution in [-0.2, 0) is 24.3 Å². The van der Waals surface area contributed by atoms with Crippen LogP contribution in [0.25, 0.3) is 0 Å². The molecule has 0 unspecified atom stereocenters. The van der Waals surface area contributed by atoms with E-state index in [1.54, 1.807) is 11.1 Å². The third-order valence-electron chi connectivity index (χ3n) is 4.19. The number of amides is 1. The molecule has 8 nitrogen and oxygen atoms in total. The van der Waals surface area contributed by atoms with Crippen molar-refractivity contribution in [1.29, 1.82) is 0 Å². The number of aromatic nitrogens is 4. The molecule has 0 saturated heterocycles. The third-order valence-corrected chi connectivity index (χ3v) is 4.19. The van der Waals surface area contributed by atoms with Gasteiger partial charge in [0.05, 0.1) is 17.6 Å². The Bertz CT molecular complexity index is 806. The van der Waals surface area contributed by atoms with Crippen LogP contribution in [0.1, 0.15) is 23.9 Å². The van der Waals surface area contributed by atoms with Crippen LogP contribution in [0.15, 0.2) is 17.1 Å². The molecular weight excluding hydrogens is 320 g/mol. The first-order valence-electron chi connectivity index (χ1n) is 8.37. The van der Waals surface area contributed by atoms with E-state index in [-0.39, 0.29) is 18.0 Å². The van der Waals surface area contributed by atoms with Crippen LogP contribution in [0.3, 0.4) is 0 Å². The molecule has 0 atom stereocenters. The standard InChI is InChI=1S/C17H26N6O2/c1-6-22-13(3)15(12(2)20-22)7-8-18-16(24)11-23-17(25)9-14(10-19-23)21(4)5/h9-10H,6-8,11H2,1-5H3,(H,18,24). The van der Waals surface area contributed by atoms with Gasteiger partial charge in [-0.1, -0.05) is 0 Å². The van der Waals surface area contributed by atoms with Gasteiger partial charge >= 0.3 is 0 Å². The van der Waals surface area contributed by atoms with Gasteiger partial charge in [-0.2, -0.15) is 10.2 Å². The molecule has 8 heteroatoms. The Morgan fingerprint density at radius 2 is 2.00 bits per heavy atom. The van der Waals surface area contributed by atoms with Crippen molar-refractivity contribution in [3.8, 4) is 0 Å². The van der Waals surface area contributed by atoms with E-state index in [9.17, 15) is 9.59 Å². The van der Waals surface area contributed by atoms with Gasteiger partial charge < -0.3 is 10.2 Å². The highest BCUT2D eigenvalue weighted by molar-refractivity contribution is 5.75. The highest BCUT2D eigenvalue weighted by Crippen LogP contribution is 2.13. The summed E-state index contributed by atoms with van der Waals surface area (Å²) in [6.45, 7) is 7.32. The largest absolute Gasteiger partial charge is 0.376 e. The quantitative estimate of drug-likeness (QED) is 0.789. The van der Waals surface area contributed by atoms with Crippen molar-refractivity contribution in [3.05, 3.63) is 39.6 Å². The Labute approximate surface area is 147 Å². The molecule has 0 saturated carbocycles. The molecule has 1 amide bonds. The van der Waals surface area contributed by atoms with Crippen molar-refractivity contribution in [2.45, 2.75) is 40.3 Å². The number of aryl methyl sites for hydroxylation is 2. The molecule has 136 valence electrons. The molecule has 0 radical (unpaired) electrons. The molecule has 2 aromatic heterocycles. The maximum absolute atomic E-state index is 12.1. The van der Waals surface area contributed by atoms with Gasteiger partial charge in [0.2, 0.25) is 5.91 Å². The average molecular weight is 346 g/mol. The summed E-state index contributed by atoms with van der Waals surface area (Å²) in [6, 6.07) is 1.46. The highest BCUT2D eigenvalue weighted by Gasteiger charge is 2.11. The average Bonchev–Trinajstić information content (AvgIpc) is 2.83. The minimum atomic E-state index is -0.294. The Morgan fingerprint density at radius 1 is 1.28 bits per heavy atom. The molecule has 0 fully saturated rings. The first-order chi connectivity index (χ1) is 11.8. The second kappa shape index (κ2) is 7.96. The lowest BCUT2D eigenvalue weighted by atomic mass is 10.1. The summed E-state index contributed by atoms with van der Waals surface area (Å²) in [6.07, 6.45) is 2.28. The predicted molar refractivity (Wildman–Crippen MR) is 96.9 cm³/mol. The second-order valence-corrected chi connectivity index (χ2v) is 6.17. The van der Waals surface area contributed by atoms with Crippen molar-refractivity contribution in [1.82, 2.24) is 24.9 Å². The Morgan fingerprint density at radius 3 is 2.56 bits per heavy atom. The van der Waals surface area contributed by atoms with Gasteiger partial charge in [0.25, 0.3) is 5.56 Å². The lowest BCUT2D eigenvalue weighted by Gasteiger charge is -2.12. The molecule has 0 aromatic carbocycles. The summed E-state index contributed by atoms with van der Waals surface area (Å²) in [4.78, 5) is 25.8. The normalized spacial score (nSPS) is 10.8. The number of anilines is 1. The maximum Gasteiger partial charge on any atom is 0.269 e. The van der Waals surface area contributed by atoms with Crippen molar-refractivity contribution < 1.29 is 4.79 Å². The topological polar surface area (TPSA) is 85.1 Å². The van der Waals surface area contributed by atoms with Crippen molar-refractivity contribution in [2.24, 2.45) is 0 Å². The van der Waals surface area contributed by atoms with Crippen LogP contribution in [0.4, 0.5) is 5.69 Å². The number of carbonyl (C=O) groups excluding carboxylic acids is 1. The SMILES string of the molecule is CCn1nc(C)c(CCNC(=O)Cn2ncc(N(C)C)cc2=O)c1C. The fraction of sp³-hybridized carbons (Fsp3) is 0.529. The van der Waals surface area contributed by atoms with Crippen LogP contribution < -0.4 is 15.8 Å². The number of hydrogen-bond acceptors (Lipinski definition) is 5. The summed E-state index contributed by atoms with van der Waals surface area (Å²) in [5.74, 6) is -0.231. The first-order valence-corrected chi connectivity index (χ1v) is 8.37. The summed E-state index contributed by atoms with van der Waals surface area (Å²) in [7, 11) is 3.66. The summed E-state index contributed by atoms with van der Waals surface area (Å²) in [5.41, 5.74) is 3.70. The van der Waals surface area contributed by atoms with Gasteiger partial charge in [0.15, 0.2) is 0 Å². The summed E-state index contributed by atoms with van der Waals surface area (Å²) < 4.78 is 3.12. The molecule has 2 aromatic rings. The third kappa shape index (κ3) is 4.46. The molecule has 2 rings (SSSR count). The van der Waals surface area contributed by atoms with Gasteiger partial charge in [-0.15, -0.1) is 0 Å². The Balaban J connectivity index is 1.91. The van der Waals surface area contributed by atoms with E-state index in [2.05, 4.69) is 22.4 Å². The number of hydrogen-bond donors (Lipinski definition) is 1. The lowest BCUT2D eigenvalue weighted by molar-refractivity contribution is -0.121. The number of nitrogens with one attached hydrogen (secondary N) is 1. The van der Waals surface area contributed by atoms with E-state index < -0.39 is 0 Å². The van der Waals surface area contributed by atoms with Crippen molar-refractivity contribution >= 4 is 11.6 Å². The minimum absolute atomic E-state index is 0.0846. The smallest absolute Gasteiger partial charge is 0.269 e. The predicted octanol–water partition coefficient (Wildman–Crippen LogP) is 0.501. The zero-order chi connectivity index (χ0) is 18.6. The van der Waals surface area contributed by atoms with Gasteiger partial charge in [-0.05, 0) is 32.8 Å². The van der Waals surface area contributed by atoms with E-state index in [1.807, 2.05) is 32.6 Å². The van der Waals surface area contributed by atoms with E-state index in [4.69, 9.17) is 0 Å². The molecule has 0 aliphatic carbocycles. The van der Waals surface area contributed by atoms with Crippen LogP contribution in [0, 0.1) is 13.8 Å². The van der Waals surface area contributed by atoms with E-state index in [1.165, 1.54) is 6.07 Å². The van der Waals surface area contributed by atoms with Crippen LogP contribution in [0.2, 0.25) is 0 Å². The van der Waals surface area contributed by atoms with E-state index in [0.29, 0.717) is 18.7 Å². The maximum atomic E-state index is 12.1. The minimum Gasteiger partial charge on any atom is -0.376 e. The molecule has 0 bridgehead atoms. The number of carbonyl (C=O) groups is 1. The molecule has 2 heterocycles. The van der Waals surface area contributed by atoms with E-state index >= 15 is 0 Å². The molecule has 0 spiro atoms. The summed E-state index contributed by atoms with van der Waals surface area (Å²) in [5, 5.41) is 11.3. The second-order valence-electron chi connectivity index (χ2n) is 6.17. The van der Waals surface area contributed by atoms with E-state index in [0.717, 1.165) is 28.2 Å². The van der Waals surface area contributed by atoms with Crippen molar-refractivity contribution in [2.75, 3.05) is 25.5 Å². The Kier molecular flexibility index (Phi) is 5.95. The lowest BCUT2D eigenvalue weighted by Crippen LogP contribution is -2.34. The molecule has 0 aliphatic rings. The zero-order valence-corrected chi connectivity index (χ0v) is 15.5. The molecule has 0 aliphatic heterocycles. The zero-order valence-electron chi connectivity index (χ0n) is 15.5. The first kappa shape index (κ1) is 18.7. The fourth-order valence-corrected chi connectivity index (χ4v) is 2.71. The van der Waals surface area contributed by atoms with Crippen LogP contribution in [0.5, 0.6) is 0 Å². The number of rotatable bonds is 7. The molecule has 25 heavy (non-hydrogen) atoms. The fourth-order valence-electron chi connectivity index (χ4n) is 2.71. The highest BCUT2D eigenvalue weighted by atomic mass is 16.2. The monoisotopic (exact) mass is 346 g/mol. The van der Waals surface area contributed by atoms with Gasteiger partial charge in [0.1, 0.15) is 6.54 Å². The van der Waals surface area contributed by atoms with Crippen LogP contribution >= 0.6 is 0 Å². The van der Waals surface area contributed by atoms with Gasteiger partial charge in [0, 0.05) is 38.9 Å². The van der Waals surface area contributed by atoms with Crippen LogP contribution in [-0.4, -0.2) is 46.1 Å². The summed E-state index contributed by atoms with van der Waals surface area (Å²) >= 11 is 0.